The number of rotatable bonds is 6. The molecular formula is C17H30N4O2. The molecule has 1 N–H and O–H groups in total. The van der Waals surface area contributed by atoms with Gasteiger partial charge in [-0.25, -0.2) is 4.98 Å². The summed E-state index contributed by atoms with van der Waals surface area (Å²) in [4.78, 5) is 9.16. The Bertz CT molecular complexity index is 465. The molecule has 1 aromatic heterocycles. The smallest absolute Gasteiger partial charge is 0.108 e. The number of ether oxygens (including phenoxy) is 1. The van der Waals surface area contributed by atoms with Gasteiger partial charge in [-0.05, 0) is 31.8 Å². The number of piperidine rings is 1. The molecule has 0 radical (unpaired) electrons. The van der Waals surface area contributed by atoms with Crippen molar-refractivity contribution in [3.05, 3.63) is 18.2 Å². The van der Waals surface area contributed by atoms with Gasteiger partial charge in [0.05, 0.1) is 19.3 Å². The zero-order valence-corrected chi connectivity index (χ0v) is 14.2. The molecule has 130 valence electrons. The second kappa shape index (κ2) is 8.24. The molecule has 1 atom stereocenters. The topological polar surface area (TPSA) is 53.8 Å². The van der Waals surface area contributed by atoms with Crippen molar-refractivity contribution in [1.29, 1.82) is 0 Å². The zero-order valence-electron chi connectivity index (χ0n) is 14.2. The fourth-order valence-corrected chi connectivity index (χ4v) is 3.66. The maximum atomic E-state index is 10.3. The Balaban J connectivity index is 1.36. The monoisotopic (exact) mass is 322 g/mol. The average molecular weight is 322 g/mol. The van der Waals surface area contributed by atoms with Crippen LogP contribution in [0.25, 0.3) is 0 Å². The first-order chi connectivity index (χ1) is 11.2. The highest BCUT2D eigenvalue weighted by Gasteiger charge is 2.23. The molecular weight excluding hydrogens is 292 g/mol. The second-order valence-corrected chi connectivity index (χ2v) is 6.97. The third-order valence-corrected chi connectivity index (χ3v) is 5.14. The zero-order chi connectivity index (χ0) is 16.1. The number of nitrogens with zero attached hydrogens (tertiary/aromatic N) is 4. The van der Waals surface area contributed by atoms with E-state index in [-0.39, 0.29) is 6.10 Å². The van der Waals surface area contributed by atoms with Crippen LogP contribution in [0.5, 0.6) is 0 Å². The van der Waals surface area contributed by atoms with E-state index in [1.54, 1.807) is 0 Å². The second-order valence-electron chi connectivity index (χ2n) is 6.97. The third kappa shape index (κ3) is 5.01. The maximum absolute atomic E-state index is 10.3. The van der Waals surface area contributed by atoms with Crippen molar-refractivity contribution in [2.45, 2.75) is 25.4 Å². The first kappa shape index (κ1) is 16.9. The standard InChI is InChI=1S/C17H30N4O2/c1-19-7-4-18-17(19)12-15-2-5-20(6-3-15)13-16(22)14-21-8-10-23-11-9-21/h4,7,15-16,22H,2-3,5-6,8-14H2,1H3. The average Bonchev–Trinajstić information content (AvgIpc) is 2.95. The van der Waals surface area contributed by atoms with Gasteiger partial charge < -0.3 is 19.3 Å². The van der Waals surface area contributed by atoms with Gasteiger partial charge in [0, 0.05) is 52.0 Å². The SMILES string of the molecule is Cn1ccnc1CC1CCN(CC(O)CN2CCOCC2)CC1. The molecule has 0 aromatic carbocycles. The van der Waals surface area contributed by atoms with Crippen LogP contribution in [0.4, 0.5) is 0 Å². The van der Waals surface area contributed by atoms with Gasteiger partial charge in [0.15, 0.2) is 0 Å². The molecule has 1 aromatic rings. The van der Waals surface area contributed by atoms with Gasteiger partial charge in [-0.2, -0.15) is 0 Å². The Morgan fingerprint density at radius 3 is 2.43 bits per heavy atom. The van der Waals surface area contributed by atoms with Crippen molar-refractivity contribution in [2.75, 3.05) is 52.5 Å². The van der Waals surface area contributed by atoms with Crippen LogP contribution >= 0.6 is 0 Å². The van der Waals surface area contributed by atoms with E-state index in [9.17, 15) is 5.11 Å². The number of hydrogen-bond acceptors (Lipinski definition) is 5. The third-order valence-electron chi connectivity index (χ3n) is 5.14. The number of imidazole rings is 1. The molecule has 0 amide bonds. The van der Waals surface area contributed by atoms with Gasteiger partial charge in [0.1, 0.15) is 5.82 Å². The van der Waals surface area contributed by atoms with Crippen LogP contribution in [0, 0.1) is 5.92 Å². The number of likely N-dealkylation sites (tertiary alicyclic amines) is 1. The molecule has 0 aliphatic carbocycles. The van der Waals surface area contributed by atoms with Gasteiger partial charge in [-0.15, -0.1) is 0 Å². The molecule has 2 aliphatic rings. The number of aryl methyl sites for hydroxylation is 1. The molecule has 0 spiro atoms. The Kier molecular flexibility index (Phi) is 6.05. The Hall–Kier alpha value is -0.950. The number of morpholine rings is 1. The molecule has 3 rings (SSSR count). The highest BCUT2D eigenvalue weighted by Crippen LogP contribution is 2.21. The molecule has 0 saturated carbocycles. The highest BCUT2D eigenvalue weighted by molar-refractivity contribution is 4.94. The summed E-state index contributed by atoms with van der Waals surface area (Å²) >= 11 is 0. The Morgan fingerprint density at radius 1 is 1.17 bits per heavy atom. The van der Waals surface area contributed by atoms with E-state index in [4.69, 9.17) is 4.74 Å². The summed E-state index contributed by atoms with van der Waals surface area (Å²) < 4.78 is 7.48. The van der Waals surface area contributed by atoms with Crippen molar-refractivity contribution < 1.29 is 9.84 Å². The number of hydrogen-bond donors (Lipinski definition) is 1. The lowest BCUT2D eigenvalue weighted by atomic mass is 9.93. The van der Waals surface area contributed by atoms with E-state index < -0.39 is 0 Å². The van der Waals surface area contributed by atoms with E-state index in [2.05, 4.69) is 26.4 Å². The molecule has 3 heterocycles. The summed E-state index contributed by atoms with van der Waals surface area (Å²) in [5.41, 5.74) is 0. The predicted octanol–water partition coefficient (Wildman–Crippen LogP) is 0.368. The molecule has 6 heteroatoms. The predicted molar refractivity (Wildman–Crippen MR) is 89.3 cm³/mol. The summed E-state index contributed by atoms with van der Waals surface area (Å²) in [6, 6.07) is 0. The van der Waals surface area contributed by atoms with Crippen molar-refractivity contribution in [1.82, 2.24) is 19.4 Å². The number of aliphatic hydroxyl groups excluding tert-OH is 1. The Morgan fingerprint density at radius 2 is 1.83 bits per heavy atom. The van der Waals surface area contributed by atoms with Gasteiger partial charge >= 0.3 is 0 Å². The Labute approximate surface area is 139 Å². The van der Waals surface area contributed by atoms with Gasteiger partial charge in [0.2, 0.25) is 0 Å². The van der Waals surface area contributed by atoms with Crippen LogP contribution in [-0.2, 0) is 18.2 Å². The van der Waals surface area contributed by atoms with Crippen LogP contribution in [-0.4, -0.2) is 83.0 Å². The lowest BCUT2D eigenvalue weighted by molar-refractivity contribution is 0.00416. The fourth-order valence-electron chi connectivity index (χ4n) is 3.66. The minimum atomic E-state index is -0.251. The first-order valence-electron chi connectivity index (χ1n) is 8.87. The van der Waals surface area contributed by atoms with E-state index in [0.29, 0.717) is 0 Å². The molecule has 6 nitrogen and oxygen atoms in total. The van der Waals surface area contributed by atoms with Crippen LogP contribution in [0.1, 0.15) is 18.7 Å². The lowest BCUT2D eigenvalue weighted by Gasteiger charge is -2.35. The minimum absolute atomic E-state index is 0.251. The molecule has 2 fully saturated rings. The minimum Gasteiger partial charge on any atom is -0.390 e. The normalized spacial score (nSPS) is 23.2. The molecule has 23 heavy (non-hydrogen) atoms. The summed E-state index contributed by atoms with van der Waals surface area (Å²) in [5.74, 6) is 1.92. The van der Waals surface area contributed by atoms with Gasteiger partial charge in [-0.3, -0.25) is 4.90 Å². The van der Waals surface area contributed by atoms with Crippen LogP contribution < -0.4 is 0 Å². The van der Waals surface area contributed by atoms with Crippen LogP contribution in [0.2, 0.25) is 0 Å². The van der Waals surface area contributed by atoms with Crippen molar-refractivity contribution in [2.24, 2.45) is 13.0 Å². The van der Waals surface area contributed by atoms with Crippen molar-refractivity contribution in [3.8, 4) is 0 Å². The fraction of sp³-hybridized carbons (Fsp3) is 0.824. The summed E-state index contributed by atoms with van der Waals surface area (Å²) in [5, 5.41) is 10.3. The lowest BCUT2D eigenvalue weighted by Crippen LogP contribution is -2.46. The highest BCUT2D eigenvalue weighted by atomic mass is 16.5. The number of aromatic nitrogens is 2. The van der Waals surface area contributed by atoms with Crippen LogP contribution in [0.15, 0.2) is 12.4 Å². The number of aliphatic hydroxyl groups is 1. The van der Waals surface area contributed by atoms with E-state index >= 15 is 0 Å². The molecule has 2 aliphatic heterocycles. The quantitative estimate of drug-likeness (QED) is 0.820. The van der Waals surface area contributed by atoms with E-state index in [1.165, 1.54) is 18.7 Å². The summed E-state index contributed by atoms with van der Waals surface area (Å²) in [6.45, 7) is 7.25. The first-order valence-corrected chi connectivity index (χ1v) is 8.87. The van der Waals surface area contributed by atoms with Crippen molar-refractivity contribution >= 4 is 0 Å². The van der Waals surface area contributed by atoms with Gasteiger partial charge in [0.25, 0.3) is 0 Å². The summed E-state index contributed by atoms with van der Waals surface area (Å²) in [6.07, 6.45) is 7.14. The van der Waals surface area contributed by atoms with E-state index in [0.717, 1.165) is 64.8 Å². The van der Waals surface area contributed by atoms with Crippen LogP contribution in [0.3, 0.4) is 0 Å². The molecule has 1 unspecified atom stereocenters. The maximum Gasteiger partial charge on any atom is 0.108 e. The van der Waals surface area contributed by atoms with Crippen molar-refractivity contribution in [3.63, 3.8) is 0 Å². The van der Waals surface area contributed by atoms with E-state index in [1.807, 2.05) is 12.4 Å². The molecule has 2 saturated heterocycles. The van der Waals surface area contributed by atoms with Gasteiger partial charge in [-0.1, -0.05) is 0 Å². The summed E-state index contributed by atoms with van der Waals surface area (Å²) in [7, 11) is 2.07. The largest absolute Gasteiger partial charge is 0.390 e. The number of β-amino-alcohol motifs (C(OH)–C–C–N with tert-alkyl or cyclic N) is 1. The molecule has 0 bridgehead atoms.